The van der Waals surface area contributed by atoms with Gasteiger partial charge in [-0.15, -0.1) is 68.0 Å². The first-order valence-electron chi connectivity index (χ1n) is 28.3. The van der Waals surface area contributed by atoms with E-state index in [9.17, 15) is 53.7 Å². The van der Waals surface area contributed by atoms with Gasteiger partial charge in [-0.2, -0.15) is 0 Å². The summed E-state index contributed by atoms with van der Waals surface area (Å²) in [6.45, 7) is 5.15. The molecule has 9 rings (SSSR count). The van der Waals surface area contributed by atoms with Crippen molar-refractivity contribution in [3.05, 3.63) is 111 Å². The molecule has 7 aromatic heterocycles. The van der Waals surface area contributed by atoms with Gasteiger partial charge in [-0.05, 0) is 62.6 Å². The highest BCUT2D eigenvalue weighted by atomic mass is 32.1. The van der Waals surface area contributed by atoms with Crippen molar-refractivity contribution >= 4 is 122 Å². The molecule has 472 valence electrons. The highest BCUT2D eigenvalue weighted by molar-refractivity contribution is 7.15. The van der Waals surface area contributed by atoms with Gasteiger partial charge >= 0.3 is 11.9 Å². The van der Waals surface area contributed by atoms with Crippen LogP contribution >= 0.6 is 68.0 Å². The van der Waals surface area contributed by atoms with Crippen molar-refractivity contribution in [1.29, 1.82) is 0 Å². The van der Waals surface area contributed by atoms with Crippen LogP contribution in [-0.4, -0.2) is 125 Å². The van der Waals surface area contributed by atoms with Crippen molar-refractivity contribution in [2.45, 2.75) is 96.6 Å². The van der Waals surface area contributed by atoms with Crippen LogP contribution in [0.5, 0.6) is 0 Å². The Labute approximate surface area is 539 Å². The van der Waals surface area contributed by atoms with E-state index in [2.05, 4.69) is 36.2 Å². The summed E-state index contributed by atoms with van der Waals surface area (Å²) in [5.41, 5.74) is 9.29. The Morgan fingerprint density at radius 3 is 2.17 bits per heavy atom. The summed E-state index contributed by atoms with van der Waals surface area (Å²) in [4.78, 5) is 139. The number of hydrogen-bond acceptors (Lipinski definition) is 24. The third kappa shape index (κ3) is 15.9. The molecule has 0 radical (unpaired) electrons. The molecule has 9 N–H and O–H groups in total. The van der Waals surface area contributed by atoms with E-state index >= 15 is 0 Å². The summed E-state index contributed by atoms with van der Waals surface area (Å²) in [5.74, 6) is -5.35. The number of carbonyl (C=O) groups is 8. The Bertz CT molecular complexity index is 3910. The number of aldehydes is 1. The molecule has 0 spiro atoms. The Hall–Kier alpha value is -8.01. The van der Waals surface area contributed by atoms with Gasteiger partial charge in [0.2, 0.25) is 17.7 Å². The summed E-state index contributed by atoms with van der Waals surface area (Å²) < 4.78 is 5.44. The number of aliphatic carboxylic acids is 2. The SMILES string of the molecule is CNC(=O)C[C@H](N)c1nc(C(=O)NC(c2nc(C(=O)NCC(=O)N[C@H](c3nc(-c4nc(-c5nc(-c6nc(N(CCCCC(=O)O)C(=O)[C@@H]7CC[C@@H](C(=O)O)C7)cs6)ccc5-c5nc(C=O)cs5)cs4)cs3)[C@@H](O)c3ccccc3)c(COC)s2)C(C)C)c(C)s1. The molecule has 5 amide bonds. The predicted octanol–water partition coefficient (Wildman–Crippen LogP) is 8.43. The van der Waals surface area contributed by atoms with Crippen LogP contribution in [-0.2, 0) is 35.3 Å². The van der Waals surface area contributed by atoms with Gasteiger partial charge in [0.25, 0.3) is 11.8 Å². The molecule has 7 heterocycles. The molecule has 1 aromatic carbocycles. The molecule has 1 unspecified atom stereocenters. The lowest BCUT2D eigenvalue weighted by Crippen LogP contribution is -2.40. The Morgan fingerprint density at radius 1 is 0.744 bits per heavy atom. The fourth-order valence-corrected chi connectivity index (χ4v) is 15.3. The number of pyridine rings is 1. The van der Waals surface area contributed by atoms with Crippen molar-refractivity contribution in [3.63, 3.8) is 0 Å². The minimum Gasteiger partial charge on any atom is -0.481 e. The number of rotatable bonds is 29. The van der Waals surface area contributed by atoms with Gasteiger partial charge in [0.05, 0.1) is 41.7 Å². The van der Waals surface area contributed by atoms with Crippen molar-refractivity contribution in [3.8, 4) is 43.4 Å². The molecule has 1 fully saturated rings. The minimum absolute atomic E-state index is 0.00160. The second kappa shape index (κ2) is 30.2. The van der Waals surface area contributed by atoms with E-state index in [0.717, 1.165) is 0 Å². The number of methoxy groups -OCH3 is 1. The summed E-state index contributed by atoms with van der Waals surface area (Å²) in [6.07, 6.45) is 0.909. The van der Waals surface area contributed by atoms with Gasteiger partial charge in [0.15, 0.2) is 6.29 Å². The lowest BCUT2D eigenvalue weighted by Gasteiger charge is -2.23. The molecule has 1 saturated carbocycles. The van der Waals surface area contributed by atoms with Crippen molar-refractivity contribution in [1.82, 2.24) is 56.2 Å². The van der Waals surface area contributed by atoms with Crippen molar-refractivity contribution in [2.75, 3.05) is 32.1 Å². The number of carboxylic acids is 2. The number of carbonyl (C=O) groups excluding carboxylic acids is 6. The second-order valence-corrected chi connectivity index (χ2v) is 27.1. The fraction of sp³-hybridized carbons (Fsp3) is 0.373. The zero-order valence-electron chi connectivity index (χ0n) is 49.2. The average molecular weight is 1340 g/mol. The van der Waals surface area contributed by atoms with Crippen LogP contribution < -0.4 is 31.9 Å². The van der Waals surface area contributed by atoms with Gasteiger partial charge in [-0.3, -0.25) is 43.3 Å². The molecule has 0 bridgehead atoms. The standard InChI is InChI=1S/C59H63N13O12S6/c1-28(2)44(69-51(80)45-29(3)89-53(70-45)35(60)20-41(74)61-4)57-71-47(39(90-57)23-84-5)50(79)62-21-42(75)68-48(49(78)30-11-7-6-8-12-30)56-66-38(26-87-56)55-65-37(25-86-55)46-34(52-63-33(22-73)24-85-52)16-17-36(64-46)54-67-40(27-88-54)72(18-10-9-13-43(76)77)58(81)31-14-15-32(19-31)59(82)83/h6-8,11-12,16-17,22,24-28,31-32,35,44,48-49,78H,9-10,13-15,18-21,23,60H2,1-5H3,(H,61,74)(H,62,79)(H,68,75)(H,69,80)(H,76,77)(H,82,83)/t31-,32-,35+,44?,48+,49+/m1/s1. The lowest BCUT2D eigenvalue weighted by molar-refractivity contribution is -0.141. The van der Waals surface area contributed by atoms with Crippen LogP contribution in [0.1, 0.15) is 145 Å². The van der Waals surface area contributed by atoms with Crippen LogP contribution in [0, 0.1) is 24.7 Å². The first-order chi connectivity index (χ1) is 43.2. The van der Waals surface area contributed by atoms with Crippen LogP contribution in [0.25, 0.3) is 43.4 Å². The third-order valence-electron chi connectivity index (χ3n) is 14.6. The number of aliphatic hydroxyl groups is 1. The summed E-state index contributed by atoms with van der Waals surface area (Å²) >= 11 is 7.29. The van der Waals surface area contributed by atoms with E-state index in [0.29, 0.717) is 111 Å². The number of ether oxygens (including phenoxy) is 1. The number of hydrogen-bond donors (Lipinski definition) is 8. The van der Waals surface area contributed by atoms with Crippen LogP contribution in [0.4, 0.5) is 5.82 Å². The maximum Gasteiger partial charge on any atom is 0.306 e. The largest absolute Gasteiger partial charge is 0.481 e. The maximum atomic E-state index is 14.1. The van der Waals surface area contributed by atoms with Gasteiger partial charge in [-0.1, -0.05) is 44.2 Å². The number of aromatic nitrogens is 7. The number of unbranched alkanes of at least 4 members (excludes halogenated alkanes) is 1. The first-order valence-corrected chi connectivity index (χ1v) is 33.5. The molecule has 1 aliphatic carbocycles. The number of aliphatic hydroxyl groups excluding tert-OH is 1. The number of benzene rings is 1. The Morgan fingerprint density at radius 2 is 1.47 bits per heavy atom. The van der Waals surface area contributed by atoms with E-state index in [1.165, 1.54) is 87.1 Å². The normalized spacial score (nSPS) is 15.2. The summed E-state index contributed by atoms with van der Waals surface area (Å²) in [6, 6.07) is 9.72. The zero-order chi connectivity index (χ0) is 64.3. The number of amides is 5. The number of nitrogens with one attached hydrogen (secondary N) is 4. The number of nitrogens with two attached hydrogens (primary N) is 1. The van der Waals surface area contributed by atoms with Crippen LogP contribution in [0.2, 0.25) is 0 Å². The molecule has 1 aliphatic rings. The number of nitrogens with zero attached hydrogens (tertiary/aromatic N) is 8. The van der Waals surface area contributed by atoms with Crippen molar-refractivity contribution < 1.29 is 58.4 Å². The Kier molecular flexibility index (Phi) is 22.3. The average Bonchev–Trinajstić information content (AvgIpc) is 1.65. The van der Waals surface area contributed by atoms with E-state index in [1.807, 2.05) is 13.8 Å². The van der Waals surface area contributed by atoms with E-state index in [1.54, 1.807) is 70.9 Å². The molecule has 0 saturated heterocycles. The molecule has 31 heteroatoms. The van der Waals surface area contributed by atoms with Crippen LogP contribution in [0.3, 0.4) is 0 Å². The molecular weight excluding hydrogens is 1280 g/mol. The minimum atomic E-state index is -1.31. The maximum absolute atomic E-state index is 14.1. The third-order valence-corrected chi connectivity index (χ3v) is 20.3. The van der Waals surface area contributed by atoms with Gasteiger partial charge in [0, 0.05) is 71.4 Å². The molecular formula is C59H63N13O12S6. The first kappa shape index (κ1) is 66.4. The summed E-state index contributed by atoms with van der Waals surface area (Å²) in [5, 5.41) is 51.4. The second-order valence-electron chi connectivity index (χ2n) is 21.3. The van der Waals surface area contributed by atoms with Crippen molar-refractivity contribution in [2.24, 2.45) is 23.5 Å². The summed E-state index contributed by atoms with van der Waals surface area (Å²) in [7, 11) is 2.97. The van der Waals surface area contributed by atoms with Gasteiger partial charge < -0.3 is 47.1 Å². The highest BCUT2D eigenvalue weighted by Crippen LogP contribution is 2.41. The number of aryl methyl sites for hydroxylation is 1. The molecule has 6 atom stereocenters. The Balaban J connectivity index is 0.936. The number of carboxylic acid groups (broad SMARTS) is 2. The quantitative estimate of drug-likeness (QED) is 0.0161. The molecule has 8 aromatic rings. The van der Waals surface area contributed by atoms with E-state index < -0.39 is 72.3 Å². The fourth-order valence-electron chi connectivity index (χ4n) is 9.87. The molecule has 90 heavy (non-hydrogen) atoms. The highest BCUT2D eigenvalue weighted by Gasteiger charge is 2.38. The van der Waals surface area contributed by atoms with Gasteiger partial charge in [0.1, 0.15) is 82.2 Å². The number of anilines is 1. The van der Waals surface area contributed by atoms with Crippen LogP contribution in [0.15, 0.2) is 64.0 Å². The predicted molar refractivity (Wildman–Crippen MR) is 341 cm³/mol. The number of thiazole rings is 6. The van der Waals surface area contributed by atoms with E-state index in [-0.39, 0.29) is 67.2 Å². The lowest BCUT2D eigenvalue weighted by atomic mass is 10.0. The van der Waals surface area contributed by atoms with Gasteiger partial charge in [-0.25, -0.2) is 34.9 Å². The smallest absolute Gasteiger partial charge is 0.306 e. The molecule has 25 nitrogen and oxygen atoms in total. The molecule has 0 aliphatic heterocycles. The topological polar surface area (TPSA) is 374 Å². The van der Waals surface area contributed by atoms with E-state index in [4.69, 9.17) is 30.4 Å². The monoisotopic (exact) mass is 1340 g/mol. The zero-order valence-corrected chi connectivity index (χ0v) is 54.1.